The van der Waals surface area contributed by atoms with E-state index in [-0.39, 0.29) is 16.9 Å². The van der Waals surface area contributed by atoms with Crippen molar-refractivity contribution in [1.29, 1.82) is 0 Å². The number of rotatable bonds is 11. The normalized spacial score (nSPS) is 16.8. The van der Waals surface area contributed by atoms with Gasteiger partial charge in [0.05, 0.1) is 52.7 Å². The minimum atomic E-state index is -0.900. The Hall–Kier alpha value is -3.92. The Labute approximate surface area is 216 Å². The van der Waals surface area contributed by atoms with Gasteiger partial charge in [-0.25, -0.2) is 0 Å². The summed E-state index contributed by atoms with van der Waals surface area (Å²) in [6.45, 7) is 0.998. The van der Waals surface area contributed by atoms with E-state index >= 15 is 0 Å². The van der Waals surface area contributed by atoms with Crippen LogP contribution in [-0.4, -0.2) is 89.3 Å². The Balaban J connectivity index is 2.26. The molecule has 1 heterocycles. The first-order chi connectivity index (χ1) is 17.7. The van der Waals surface area contributed by atoms with Crippen LogP contribution in [-0.2, 0) is 9.59 Å². The molecule has 0 spiro atoms. The second-order valence-electron chi connectivity index (χ2n) is 8.67. The predicted molar refractivity (Wildman–Crippen MR) is 138 cm³/mol. The van der Waals surface area contributed by atoms with E-state index in [9.17, 15) is 14.7 Å². The van der Waals surface area contributed by atoms with Crippen molar-refractivity contribution in [3.8, 4) is 28.7 Å². The average Bonchev–Trinajstić information content (AvgIpc) is 3.16. The number of nitrogens with zero attached hydrogens (tertiary/aromatic N) is 2. The Kier molecular flexibility index (Phi) is 8.88. The van der Waals surface area contributed by atoms with E-state index in [2.05, 4.69) is 0 Å². The number of amides is 1. The molecule has 0 bridgehead atoms. The van der Waals surface area contributed by atoms with Crippen molar-refractivity contribution in [1.82, 2.24) is 9.80 Å². The third kappa shape index (κ3) is 5.43. The van der Waals surface area contributed by atoms with Crippen LogP contribution >= 0.6 is 0 Å². The molecule has 1 amide bonds. The minimum Gasteiger partial charge on any atom is -0.507 e. The van der Waals surface area contributed by atoms with Crippen molar-refractivity contribution in [2.24, 2.45) is 0 Å². The van der Waals surface area contributed by atoms with Gasteiger partial charge in [-0.1, -0.05) is 0 Å². The summed E-state index contributed by atoms with van der Waals surface area (Å²) in [4.78, 5) is 30.1. The fraction of sp³-hybridized carbons (Fsp3) is 0.407. The number of Topliss-reactive ketones (excluding diaryl/α,β-unsaturated/α-hetero) is 1. The van der Waals surface area contributed by atoms with E-state index in [0.29, 0.717) is 53.8 Å². The van der Waals surface area contributed by atoms with Crippen molar-refractivity contribution < 1.29 is 38.4 Å². The summed E-state index contributed by atoms with van der Waals surface area (Å²) in [5.41, 5.74) is 0.715. The smallest absolute Gasteiger partial charge is 0.295 e. The molecule has 2 aromatic carbocycles. The van der Waals surface area contributed by atoms with Gasteiger partial charge in [0.15, 0.2) is 11.5 Å². The van der Waals surface area contributed by atoms with Crippen LogP contribution in [0.2, 0.25) is 0 Å². The number of aliphatic hydroxyl groups excluding tert-OH is 1. The molecular weight excluding hydrogens is 480 g/mol. The molecule has 2 aromatic rings. The summed E-state index contributed by atoms with van der Waals surface area (Å²) in [6.07, 6.45) is 0.618. The zero-order chi connectivity index (χ0) is 27.3. The second kappa shape index (κ2) is 11.9. The number of likely N-dealkylation sites (tertiary alicyclic amines) is 1. The number of methoxy groups -OCH3 is 5. The summed E-state index contributed by atoms with van der Waals surface area (Å²) in [7, 11) is 11.3. The Morgan fingerprint density at radius 3 is 2.03 bits per heavy atom. The molecule has 10 nitrogen and oxygen atoms in total. The van der Waals surface area contributed by atoms with Crippen LogP contribution in [0.3, 0.4) is 0 Å². The van der Waals surface area contributed by atoms with E-state index in [1.165, 1.54) is 40.4 Å². The molecule has 200 valence electrons. The predicted octanol–water partition coefficient (Wildman–Crippen LogP) is 3.10. The molecule has 1 aliphatic rings. The molecule has 0 aliphatic carbocycles. The number of carbonyl (C=O) groups excluding carboxylic acids is 2. The second-order valence-corrected chi connectivity index (χ2v) is 8.67. The number of ether oxygens (including phenoxy) is 5. The maximum atomic E-state index is 13.4. The van der Waals surface area contributed by atoms with Crippen molar-refractivity contribution >= 4 is 17.4 Å². The molecule has 1 saturated heterocycles. The molecule has 1 N–H and O–H groups in total. The minimum absolute atomic E-state index is 0.0624. The lowest BCUT2D eigenvalue weighted by Gasteiger charge is -2.27. The maximum absolute atomic E-state index is 13.4. The first-order valence-electron chi connectivity index (χ1n) is 11.7. The standard InChI is InChI=1S/C27H34N2O8/c1-28(2)11-8-12-29-23(16-13-20(35-5)26(37-7)21(14-16)36-6)22(25(31)27(29)32)24(30)18-10-9-17(33-3)15-19(18)34-4/h9-10,13-15,23,30H,8,11-12H2,1-7H3/b24-22+. The van der Waals surface area contributed by atoms with Crippen molar-refractivity contribution in [3.05, 3.63) is 47.0 Å². The van der Waals surface area contributed by atoms with Gasteiger partial charge in [0.25, 0.3) is 11.7 Å². The summed E-state index contributed by atoms with van der Waals surface area (Å²) in [6, 6.07) is 7.27. The van der Waals surface area contributed by atoms with Gasteiger partial charge in [0.2, 0.25) is 5.75 Å². The van der Waals surface area contributed by atoms with Crippen molar-refractivity contribution in [2.45, 2.75) is 12.5 Å². The largest absolute Gasteiger partial charge is 0.507 e. The van der Waals surface area contributed by atoms with Crippen LogP contribution in [0.25, 0.3) is 5.76 Å². The van der Waals surface area contributed by atoms with E-state index < -0.39 is 17.7 Å². The highest BCUT2D eigenvalue weighted by atomic mass is 16.5. The molecule has 1 fully saturated rings. The van der Waals surface area contributed by atoms with Gasteiger partial charge in [0, 0.05) is 12.6 Å². The average molecular weight is 515 g/mol. The Bertz CT molecular complexity index is 1170. The molecule has 1 aliphatic heterocycles. The lowest BCUT2D eigenvalue weighted by Crippen LogP contribution is -2.32. The highest BCUT2D eigenvalue weighted by Crippen LogP contribution is 2.46. The lowest BCUT2D eigenvalue weighted by molar-refractivity contribution is -0.139. The van der Waals surface area contributed by atoms with Crippen LogP contribution in [0.5, 0.6) is 28.7 Å². The van der Waals surface area contributed by atoms with Crippen LogP contribution in [0.4, 0.5) is 0 Å². The van der Waals surface area contributed by atoms with E-state index in [1.807, 2.05) is 19.0 Å². The fourth-order valence-corrected chi connectivity index (χ4v) is 4.41. The topological polar surface area (TPSA) is 107 Å². The number of hydrogen-bond donors (Lipinski definition) is 1. The van der Waals surface area contributed by atoms with Gasteiger partial charge in [-0.15, -0.1) is 0 Å². The van der Waals surface area contributed by atoms with Crippen LogP contribution in [0, 0.1) is 0 Å². The summed E-state index contributed by atoms with van der Waals surface area (Å²) in [5, 5.41) is 11.5. The zero-order valence-electron chi connectivity index (χ0n) is 22.3. The molecule has 1 atom stereocenters. The molecule has 0 radical (unpaired) electrons. The first-order valence-corrected chi connectivity index (χ1v) is 11.7. The Morgan fingerprint density at radius 1 is 0.892 bits per heavy atom. The molecule has 0 saturated carbocycles. The van der Waals surface area contributed by atoms with Gasteiger partial charge in [0.1, 0.15) is 17.3 Å². The number of ketones is 1. The maximum Gasteiger partial charge on any atom is 0.295 e. The quantitative estimate of drug-likeness (QED) is 0.275. The van der Waals surface area contributed by atoms with Crippen LogP contribution in [0.1, 0.15) is 23.6 Å². The highest BCUT2D eigenvalue weighted by molar-refractivity contribution is 6.46. The summed E-state index contributed by atoms with van der Waals surface area (Å²) < 4.78 is 27.2. The number of benzene rings is 2. The number of hydrogen-bond acceptors (Lipinski definition) is 9. The summed E-state index contributed by atoms with van der Waals surface area (Å²) in [5.74, 6) is 0.0425. The molecule has 10 heteroatoms. The van der Waals surface area contributed by atoms with E-state index in [0.717, 1.165) is 0 Å². The van der Waals surface area contributed by atoms with E-state index in [4.69, 9.17) is 23.7 Å². The molecular formula is C27H34N2O8. The number of aliphatic hydroxyl groups is 1. The third-order valence-corrected chi connectivity index (χ3v) is 6.21. The van der Waals surface area contributed by atoms with Gasteiger partial charge in [-0.2, -0.15) is 0 Å². The van der Waals surface area contributed by atoms with Gasteiger partial charge in [-0.3, -0.25) is 9.59 Å². The fourth-order valence-electron chi connectivity index (χ4n) is 4.41. The Morgan fingerprint density at radius 2 is 1.51 bits per heavy atom. The van der Waals surface area contributed by atoms with Gasteiger partial charge >= 0.3 is 0 Å². The first kappa shape index (κ1) is 27.7. The molecule has 3 rings (SSSR count). The molecule has 37 heavy (non-hydrogen) atoms. The molecule has 0 aromatic heterocycles. The zero-order valence-corrected chi connectivity index (χ0v) is 22.3. The van der Waals surface area contributed by atoms with E-state index in [1.54, 1.807) is 30.3 Å². The summed E-state index contributed by atoms with van der Waals surface area (Å²) >= 11 is 0. The van der Waals surface area contributed by atoms with Crippen molar-refractivity contribution in [2.75, 3.05) is 62.7 Å². The number of carbonyl (C=O) groups is 2. The highest BCUT2D eigenvalue weighted by Gasteiger charge is 2.46. The third-order valence-electron chi connectivity index (χ3n) is 6.21. The SMILES string of the molecule is COc1ccc(/C(O)=C2\C(=O)C(=O)N(CCCN(C)C)C2c2cc(OC)c(OC)c(OC)c2)c(OC)c1. The van der Waals surface area contributed by atoms with Crippen LogP contribution < -0.4 is 23.7 Å². The van der Waals surface area contributed by atoms with Crippen molar-refractivity contribution in [3.63, 3.8) is 0 Å². The lowest BCUT2D eigenvalue weighted by atomic mass is 9.94. The van der Waals surface area contributed by atoms with Crippen LogP contribution in [0.15, 0.2) is 35.9 Å². The monoisotopic (exact) mass is 514 g/mol. The molecule has 1 unspecified atom stereocenters. The van der Waals surface area contributed by atoms with Gasteiger partial charge < -0.3 is 38.6 Å². The van der Waals surface area contributed by atoms with Gasteiger partial charge in [-0.05, 0) is 56.9 Å².